The van der Waals surface area contributed by atoms with Gasteiger partial charge in [-0.3, -0.25) is 4.79 Å². The van der Waals surface area contributed by atoms with Gasteiger partial charge >= 0.3 is 0 Å². The summed E-state index contributed by atoms with van der Waals surface area (Å²) in [5.41, 5.74) is 6.13. The molecular formula is C15H24N2O2. The second kappa shape index (κ2) is 7.67. The average Bonchev–Trinajstić information content (AvgIpc) is 2.39. The normalized spacial score (nSPS) is 13.6. The Bertz CT molecular complexity index is 390. The molecule has 0 aromatic heterocycles. The Hall–Kier alpha value is -1.71. The lowest BCUT2D eigenvalue weighted by Crippen LogP contribution is -2.23. The van der Waals surface area contributed by atoms with E-state index in [0.717, 1.165) is 17.9 Å². The predicted octanol–water partition coefficient (Wildman–Crippen LogP) is 2.79. The number of benzene rings is 1. The number of primary amides is 1. The molecule has 0 spiro atoms. The van der Waals surface area contributed by atoms with Gasteiger partial charge in [-0.2, -0.15) is 0 Å². The van der Waals surface area contributed by atoms with Crippen LogP contribution in [0.15, 0.2) is 24.3 Å². The Kier molecular flexibility index (Phi) is 6.19. The highest BCUT2D eigenvalue weighted by atomic mass is 16.5. The molecule has 1 aromatic carbocycles. The quantitative estimate of drug-likeness (QED) is 0.759. The van der Waals surface area contributed by atoms with Gasteiger partial charge in [0.05, 0.1) is 13.0 Å². The molecule has 0 heterocycles. The summed E-state index contributed by atoms with van der Waals surface area (Å²) in [5, 5.41) is 3.46. The fraction of sp³-hybridized carbons (Fsp3) is 0.533. The molecule has 1 rings (SSSR count). The lowest BCUT2D eigenvalue weighted by molar-refractivity contribution is -0.118. The molecule has 3 N–H and O–H groups in total. The van der Waals surface area contributed by atoms with Crippen LogP contribution >= 0.6 is 0 Å². The van der Waals surface area contributed by atoms with Crippen LogP contribution in [0, 0.1) is 5.92 Å². The van der Waals surface area contributed by atoms with Crippen LogP contribution in [0.25, 0.3) is 0 Å². The Morgan fingerprint density at radius 3 is 2.47 bits per heavy atom. The molecule has 0 saturated carbocycles. The monoisotopic (exact) mass is 264 g/mol. The Morgan fingerprint density at radius 2 is 1.95 bits per heavy atom. The third-order valence-electron chi connectivity index (χ3n) is 3.36. The summed E-state index contributed by atoms with van der Waals surface area (Å²) in [6.07, 6.45) is 1.40. The first kappa shape index (κ1) is 15.3. The second-order valence-corrected chi connectivity index (χ2v) is 4.91. The number of hydrogen-bond donors (Lipinski definition) is 2. The molecule has 0 aliphatic heterocycles. The van der Waals surface area contributed by atoms with E-state index in [0.29, 0.717) is 18.6 Å². The van der Waals surface area contributed by atoms with Crippen molar-refractivity contribution in [2.24, 2.45) is 11.7 Å². The van der Waals surface area contributed by atoms with E-state index in [1.54, 1.807) is 0 Å². The Labute approximate surface area is 115 Å². The minimum Gasteiger partial charge on any atom is -0.493 e. The SMILES string of the molecule is CCC(C)C(C)Nc1ccc(OCCC(N)=O)cc1. The van der Waals surface area contributed by atoms with Gasteiger partial charge in [-0.1, -0.05) is 20.3 Å². The van der Waals surface area contributed by atoms with Crippen LogP contribution < -0.4 is 15.8 Å². The van der Waals surface area contributed by atoms with Crippen molar-refractivity contribution in [3.8, 4) is 5.75 Å². The summed E-state index contributed by atoms with van der Waals surface area (Å²) >= 11 is 0. The van der Waals surface area contributed by atoms with Crippen molar-refractivity contribution in [2.75, 3.05) is 11.9 Å². The largest absolute Gasteiger partial charge is 0.493 e. The van der Waals surface area contributed by atoms with E-state index in [9.17, 15) is 4.79 Å². The molecule has 4 nitrogen and oxygen atoms in total. The fourth-order valence-electron chi connectivity index (χ4n) is 1.68. The van der Waals surface area contributed by atoms with Crippen molar-refractivity contribution < 1.29 is 9.53 Å². The molecule has 1 aromatic rings. The van der Waals surface area contributed by atoms with E-state index in [1.807, 2.05) is 24.3 Å². The summed E-state index contributed by atoms with van der Waals surface area (Å²) in [5.74, 6) is 1.04. The Morgan fingerprint density at radius 1 is 1.32 bits per heavy atom. The van der Waals surface area contributed by atoms with E-state index in [4.69, 9.17) is 10.5 Å². The van der Waals surface area contributed by atoms with Gasteiger partial charge in [-0.25, -0.2) is 0 Å². The number of anilines is 1. The van der Waals surface area contributed by atoms with Gasteiger partial charge in [0.2, 0.25) is 5.91 Å². The van der Waals surface area contributed by atoms with Crippen LogP contribution in [-0.4, -0.2) is 18.6 Å². The Balaban J connectivity index is 2.45. The number of rotatable bonds is 8. The van der Waals surface area contributed by atoms with Crippen LogP contribution in [0.1, 0.15) is 33.6 Å². The molecule has 1 amide bonds. The van der Waals surface area contributed by atoms with Crippen LogP contribution in [0.2, 0.25) is 0 Å². The van der Waals surface area contributed by atoms with E-state index in [2.05, 4.69) is 26.1 Å². The zero-order valence-corrected chi connectivity index (χ0v) is 12.0. The molecule has 106 valence electrons. The molecule has 2 unspecified atom stereocenters. The molecule has 19 heavy (non-hydrogen) atoms. The fourth-order valence-corrected chi connectivity index (χ4v) is 1.68. The van der Waals surface area contributed by atoms with Crippen molar-refractivity contribution in [2.45, 2.75) is 39.7 Å². The van der Waals surface area contributed by atoms with E-state index >= 15 is 0 Å². The first-order valence-electron chi connectivity index (χ1n) is 6.80. The van der Waals surface area contributed by atoms with Gasteiger partial charge in [-0.05, 0) is 37.1 Å². The third kappa shape index (κ3) is 5.64. The third-order valence-corrected chi connectivity index (χ3v) is 3.36. The first-order valence-corrected chi connectivity index (χ1v) is 6.80. The van der Waals surface area contributed by atoms with Gasteiger partial charge in [0.25, 0.3) is 0 Å². The highest BCUT2D eigenvalue weighted by Crippen LogP contribution is 2.19. The molecule has 0 aliphatic carbocycles. The van der Waals surface area contributed by atoms with Crippen molar-refractivity contribution in [3.05, 3.63) is 24.3 Å². The summed E-state index contributed by atoms with van der Waals surface area (Å²) in [6, 6.07) is 8.20. The molecule has 0 aliphatic rings. The number of carbonyl (C=O) groups excluding carboxylic acids is 1. The molecule has 0 bridgehead atoms. The number of nitrogens with one attached hydrogen (secondary N) is 1. The molecule has 4 heteroatoms. The van der Waals surface area contributed by atoms with Crippen LogP contribution in [0.4, 0.5) is 5.69 Å². The first-order chi connectivity index (χ1) is 9.02. The minimum absolute atomic E-state index is 0.241. The van der Waals surface area contributed by atoms with Crippen LogP contribution in [0.5, 0.6) is 5.75 Å². The van der Waals surface area contributed by atoms with Gasteiger partial charge in [0, 0.05) is 11.7 Å². The number of amides is 1. The maximum atomic E-state index is 10.6. The lowest BCUT2D eigenvalue weighted by atomic mass is 10.0. The highest BCUT2D eigenvalue weighted by Gasteiger charge is 2.09. The van der Waals surface area contributed by atoms with E-state index in [1.165, 1.54) is 0 Å². The van der Waals surface area contributed by atoms with Crippen molar-refractivity contribution in [1.29, 1.82) is 0 Å². The molecule has 0 radical (unpaired) electrons. The predicted molar refractivity (Wildman–Crippen MR) is 78.3 cm³/mol. The zero-order chi connectivity index (χ0) is 14.3. The summed E-state index contributed by atoms with van der Waals surface area (Å²) in [7, 11) is 0. The number of ether oxygens (including phenoxy) is 1. The zero-order valence-electron chi connectivity index (χ0n) is 12.0. The topological polar surface area (TPSA) is 64.3 Å². The van der Waals surface area contributed by atoms with Gasteiger partial charge in [0.1, 0.15) is 5.75 Å². The molecular weight excluding hydrogens is 240 g/mol. The molecule has 2 atom stereocenters. The second-order valence-electron chi connectivity index (χ2n) is 4.91. The summed E-state index contributed by atoms with van der Waals surface area (Å²) < 4.78 is 5.42. The number of carbonyl (C=O) groups is 1. The van der Waals surface area contributed by atoms with Gasteiger partial charge in [0.15, 0.2) is 0 Å². The standard InChI is InChI=1S/C15H24N2O2/c1-4-11(2)12(3)17-13-5-7-14(8-6-13)19-10-9-15(16)18/h5-8,11-12,17H,4,9-10H2,1-3H3,(H2,16,18). The highest BCUT2D eigenvalue weighted by molar-refractivity contribution is 5.73. The maximum absolute atomic E-state index is 10.6. The van der Waals surface area contributed by atoms with Crippen LogP contribution in [0.3, 0.4) is 0 Å². The van der Waals surface area contributed by atoms with Crippen molar-refractivity contribution >= 4 is 11.6 Å². The van der Waals surface area contributed by atoms with Crippen molar-refractivity contribution in [3.63, 3.8) is 0 Å². The summed E-state index contributed by atoms with van der Waals surface area (Å²) in [6.45, 7) is 6.94. The molecule has 0 saturated heterocycles. The lowest BCUT2D eigenvalue weighted by Gasteiger charge is -2.21. The smallest absolute Gasteiger partial charge is 0.220 e. The molecule has 0 fully saturated rings. The maximum Gasteiger partial charge on any atom is 0.220 e. The van der Waals surface area contributed by atoms with Gasteiger partial charge in [-0.15, -0.1) is 0 Å². The van der Waals surface area contributed by atoms with E-state index < -0.39 is 0 Å². The number of hydrogen-bond acceptors (Lipinski definition) is 3. The van der Waals surface area contributed by atoms with E-state index in [-0.39, 0.29) is 12.3 Å². The average molecular weight is 264 g/mol. The van der Waals surface area contributed by atoms with Crippen LogP contribution in [-0.2, 0) is 4.79 Å². The minimum atomic E-state index is -0.347. The summed E-state index contributed by atoms with van der Waals surface area (Å²) in [4.78, 5) is 10.6. The van der Waals surface area contributed by atoms with Crippen molar-refractivity contribution in [1.82, 2.24) is 0 Å². The number of nitrogens with two attached hydrogens (primary N) is 1. The van der Waals surface area contributed by atoms with Gasteiger partial charge < -0.3 is 15.8 Å².